The number of carbonyl (C=O) groups excluding carboxylic acids is 2. The second-order valence-electron chi connectivity index (χ2n) is 5.84. The van der Waals surface area contributed by atoms with Crippen molar-refractivity contribution in [1.82, 2.24) is 4.90 Å². The van der Waals surface area contributed by atoms with Gasteiger partial charge in [0, 0.05) is 12.5 Å². The Labute approximate surface area is 134 Å². The Hall–Kier alpha value is -1.42. The predicted molar refractivity (Wildman–Crippen MR) is 88.6 cm³/mol. The lowest BCUT2D eigenvalue weighted by Gasteiger charge is -2.32. The minimum absolute atomic E-state index is 0.151. The quantitative estimate of drug-likeness (QED) is 0.393. The molecular formula is C18H29NO3. The molecule has 0 aromatic rings. The van der Waals surface area contributed by atoms with Gasteiger partial charge in [0.15, 0.2) is 0 Å². The summed E-state index contributed by atoms with van der Waals surface area (Å²) in [5.41, 5.74) is 1.23. The van der Waals surface area contributed by atoms with Crippen LogP contribution in [0.3, 0.4) is 0 Å². The van der Waals surface area contributed by atoms with Gasteiger partial charge in [0.05, 0.1) is 6.61 Å². The molecule has 4 nitrogen and oxygen atoms in total. The Morgan fingerprint density at radius 2 is 2.18 bits per heavy atom. The number of rotatable bonds is 8. The van der Waals surface area contributed by atoms with E-state index in [1.54, 1.807) is 0 Å². The maximum Gasteiger partial charge on any atom is 0.323 e. The highest BCUT2D eigenvalue weighted by Crippen LogP contribution is 2.32. The molecule has 0 bridgehead atoms. The topological polar surface area (TPSA) is 46.6 Å². The van der Waals surface area contributed by atoms with E-state index in [1.165, 1.54) is 5.57 Å². The molecule has 124 valence electrons. The van der Waals surface area contributed by atoms with Crippen molar-refractivity contribution in [2.24, 2.45) is 5.92 Å². The van der Waals surface area contributed by atoms with Gasteiger partial charge >= 0.3 is 5.97 Å². The van der Waals surface area contributed by atoms with Gasteiger partial charge < -0.3 is 9.53 Å². The molecule has 3 atom stereocenters. The Morgan fingerprint density at radius 3 is 2.77 bits per heavy atom. The molecule has 1 aliphatic heterocycles. The lowest BCUT2D eigenvalue weighted by Crippen LogP contribution is -2.45. The van der Waals surface area contributed by atoms with Gasteiger partial charge in [-0.05, 0) is 53.0 Å². The number of ether oxygens (including phenoxy) is 1. The zero-order chi connectivity index (χ0) is 16.5. The molecule has 0 aromatic heterocycles. The number of carbonyl (C=O) groups is 2. The van der Waals surface area contributed by atoms with Crippen LogP contribution in [0.4, 0.5) is 0 Å². The first-order valence-electron chi connectivity index (χ1n) is 8.22. The first kappa shape index (κ1) is 18.6. The second kappa shape index (κ2) is 9.57. The minimum atomic E-state index is -0.233. The van der Waals surface area contributed by atoms with Crippen molar-refractivity contribution in [1.29, 1.82) is 0 Å². The fourth-order valence-corrected chi connectivity index (χ4v) is 3.11. The summed E-state index contributed by atoms with van der Waals surface area (Å²) < 4.78 is 5.27. The average Bonchev–Trinajstić information content (AvgIpc) is 2.93. The van der Waals surface area contributed by atoms with Gasteiger partial charge in [0.2, 0.25) is 0 Å². The number of allylic oxidation sites excluding steroid dienone is 3. The molecule has 0 amide bonds. The van der Waals surface area contributed by atoms with Crippen LogP contribution < -0.4 is 0 Å². The van der Waals surface area contributed by atoms with Crippen LogP contribution in [0, 0.1) is 5.92 Å². The summed E-state index contributed by atoms with van der Waals surface area (Å²) in [7, 11) is 0. The van der Waals surface area contributed by atoms with Gasteiger partial charge in [0.25, 0.3) is 0 Å². The molecule has 1 rings (SSSR count). The van der Waals surface area contributed by atoms with Crippen molar-refractivity contribution in [3.8, 4) is 0 Å². The van der Waals surface area contributed by atoms with E-state index in [0.717, 1.165) is 25.7 Å². The number of likely N-dealkylation sites (tertiary alicyclic amines) is 1. The van der Waals surface area contributed by atoms with Crippen LogP contribution >= 0.6 is 0 Å². The SMILES string of the molecule is CC=CC=C(C)C(C)N1CCC(CCC=O)C1C(=O)OCC. The maximum atomic E-state index is 12.4. The number of hydrogen-bond donors (Lipinski definition) is 0. The molecule has 3 unspecified atom stereocenters. The maximum absolute atomic E-state index is 12.4. The average molecular weight is 307 g/mol. The van der Waals surface area contributed by atoms with Crippen LogP contribution in [0.25, 0.3) is 0 Å². The fraction of sp³-hybridized carbons (Fsp3) is 0.667. The van der Waals surface area contributed by atoms with E-state index >= 15 is 0 Å². The first-order chi connectivity index (χ1) is 10.6. The van der Waals surface area contributed by atoms with Crippen LogP contribution in [0.15, 0.2) is 23.8 Å². The Balaban J connectivity index is 2.91. The molecule has 0 aliphatic carbocycles. The summed E-state index contributed by atoms with van der Waals surface area (Å²) in [6.45, 7) is 9.30. The van der Waals surface area contributed by atoms with Crippen LogP contribution in [-0.4, -0.2) is 42.4 Å². The molecule has 0 spiro atoms. The van der Waals surface area contributed by atoms with E-state index in [-0.39, 0.29) is 24.0 Å². The smallest absolute Gasteiger partial charge is 0.323 e. The molecule has 0 radical (unpaired) electrons. The molecule has 1 heterocycles. The van der Waals surface area contributed by atoms with Crippen molar-refractivity contribution in [2.75, 3.05) is 13.2 Å². The van der Waals surface area contributed by atoms with Crippen LogP contribution in [-0.2, 0) is 14.3 Å². The van der Waals surface area contributed by atoms with Crippen LogP contribution in [0.2, 0.25) is 0 Å². The molecule has 4 heteroatoms. The minimum Gasteiger partial charge on any atom is -0.465 e. The zero-order valence-electron chi connectivity index (χ0n) is 14.2. The highest BCUT2D eigenvalue weighted by atomic mass is 16.5. The third kappa shape index (κ3) is 4.80. The normalized spacial score (nSPS) is 24.6. The zero-order valence-corrected chi connectivity index (χ0v) is 14.2. The van der Waals surface area contributed by atoms with E-state index in [2.05, 4.69) is 24.8 Å². The van der Waals surface area contributed by atoms with Gasteiger partial charge in [-0.15, -0.1) is 0 Å². The molecule has 1 fully saturated rings. The van der Waals surface area contributed by atoms with Gasteiger partial charge in [0.1, 0.15) is 12.3 Å². The summed E-state index contributed by atoms with van der Waals surface area (Å²) in [5, 5.41) is 0. The van der Waals surface area contributed by atoms with Gasteiger partial charge in [-0.2, -0.15) is 0 Å². The summed E-state index contributed by atoms with van der Waals surface area (Å²) in [4.78, 5) is 25.3. The molecular weight excluding hydrogens is 278 g/mol. The van der Waals surface area contributed by atoms with Crippen molar-refractivity contribution < 1.29 is 14.3 Å². The largest absolute Gasteiger partial charge is 0.465 e. The lowest BCUT2D eigenvalue weighted by molar-refractivity contribution is -0.150. The molecule has 0 N–H and O–H groups in total. The van der Waals surface area contributed by atoms with E-state index in [0.29, 0.717) is 13.0 Å². The first-order valence-corrected chi connectivity index (χ1v) is 8.22. The molecule has 1 aliphatic rings. The molecule has 22 heavy (non-hydrogen) atoms. The van der Waals surface area contributed by atoms with Crippen molar-refractivity contribution >= 4 is 12.3 Å². The number of aldehydes is 1. The van der Waals surface area contributed by atoms with Crippen molar-refractivity contribution in [2.45, 2.75) is 59.0 Å². The number of nitrogens with zero attached hydrogens (tertiary/aromatic N) is 1. The van der Waals surface area contributed by atoms with E-state index in [4.69, 9.17) is 4.74 Å². The van der Waals surface area contributed by atoms with Gasteiger partial charge in [-0.3, -0.25) is 9.69 Å². The Kier molecular flexibility index (Phi) is 8.10. The predicted octanol–water partition coefficient (Wildman–Crippen LogP) is 3.13. The highest BCUT2D eigenvalue weighted by Gasteiger charge is 2.42. The number of esters is 1. The van der Waals surface area contributed by atoms with Crippen LogP contribution in [0.5, 0.6) is 0 Å². The summed E-state index contributed by atoms with van der Waals surface area (Å²) in [5.74, 6) is 0.0581. The summed E-state index contributed by atoms with van der Waals surface area (Å²) in [6, 6.07) is -0.0457. The molecule has 1 saturated heterocycles. The van der Waals surface area contributed by atoms with Crippen LogP contribution in [0.1, 0.15) is 47.0 Å². The van der Waals surface area contributed by atoms with Gasteiger partial charge in [-0.25, -0.2) is 0 Å². The molecule has 0 aromatic carbocycles. The lowest BCUT2D eigenvalue weighted by atomic mass is 9.94. The fourth-order valence-electron chi connectivity index (χ4n) is 3.11. The third-order valence-electron chi connectivity index (χ3n) is 4.45. The monoisotopic (exact) mass is 307 g/mol. The van der Waals surface area contributed by atoms with E-state index in [1.807, 2.05) is 26.0 Å². The van der Waals surface area contributed by atoms with Crippen molar-refractivity contribution in [3.63, 3.8) is 0 Å². The molecule has 0 saturated carbocycles. The van der Waals surface area contributed by atoms with Crippen molar-refractivity contribution in [3.05, 3.63) is 23.8 Å². The van der Waals surface area contributed by atoms with Gasteiger partial charge in [-0.1, -0.05) is 23.8 Å². The highest BCUT2D eigenvalue weighted by molar-refractivity contribution is 5.76. The Bertz CT molecular complexity index is 428. The van der Waals surface area contributed by atoms with E-state index < -0.39 is 0 Å². The second-order valence-corrected chi connectivity index (χ2v) is 5.84. The summed E-state index contributed by atoms with van der Waals surface area (Å²) in [6.07, 6.45) is 9.25. The third-order valence-corrected chi connectivity index (χ3v) is 4.45. The summed E-state index contributed by atoms with van der Waals surface area (Å²) >= 11 is 0. The standard InChI is InChI=1S/C18H29NO3/c1-5-7-9-14(3)15(4)19-12-11-16(10-8-13-20)17(19)18(21)22-6-2/h5,7,9,13,15-17H,6,8,10-12H2,1-4H3. The Morgan fingerprint density at radius 1 is 1.45 bits per heavy atom. The number of hydrogen-bond acceptors (Lipinski definition) is 4. The van der Waals surface area contributed by atoms with E-state index in [9.17, 15) is 9.59 Å².